The normalized spacial score (nSPS) is 19.3. The second kappa shape index (κ2) is 5.95. The third kappa shape index (κ3) is 2.82. The Morgan fingerprint density at radius 1 is 1.35 bits per heavy atom. The van der Waals surface area contributed by atoms with Gasteiger partial charge in [0.25, 0.3) is 0 Å². The first-order chi connectivity index (χ1) is 9.72. The second-order valence-electron chi connectivity index (χ2n) is 6.36. The molecule has 0 saturated heterocycles. The highest BCUT2D eigenvalue weighted by atomic mass is 35.5. The Bertz CT molecular complexity index is 482. The van der Waals surface area contributed by atoms with Gasteiger partial charge >= 0.3 is 0 Å². The Balaban J connectivity index is 1.76. The highest BCUT2D eigenvalue weighted by molar-refractivity contribution is 6.30. The molecule has 1 aromatic rings. The molecule has 3 rings (SSSR count). The van der Waals surface area contributed by atoms with Gasteiger partial charge in [-0.2, -0.15) is 0 Å². The summed E-state index contributed by atoms with van der Waals surface area (Å²) in [7, 11) is 0. The average molecular weight is 294 g/mol. The molecule has 3 heteroatoms. The number of fused-ring (bicyclic) bond motifs is 1. The van der Waals surface area contributed by atoms with Crippen LogP contribution in [-0.4, -0.2) is 19.7 Å². The summed E-state index contributed by atoms with van der Waals surface area (Å²) in [6, 6.07) is 4.18. The quantitative estimate of drug-likeness (QED) is 0.801. The van der Waals surface area contributed by atoms with Crippen molar-refractivity contribution in [3.05, 3.63) is 28.3 Å². The van der Waals surface area contributed by atoms with E-state index in [4.69, 9.17) is 16.3 Å². The minimum Gasteiger partial charge on any atom is -0.493 e. The topological polar surface area (TPSA) is 21.3 Å². The number of rotatable bonds is 6. The van der Waals surface area contributed by atoms with Gasteiger partial charge in [0, 0.05) is 18.0 Å². The van der Waals surface area contributed by atoms with Crippen molar-refractivity contribution in [3.63, 3.8) is 0 Å². The monoisotopic (exact) mass is 293 g/mol. The van der Waals surface area contributed by atoms with Crippen molar-refractivity contribution < 1.29 is 4.74 Å². The molecule has 0 bridgehead atoms. The lowest BCUT2D eigenvalue weighted by Crippen LogP contribution is -2.42. The molecule has 0 unspecified atom stereocenters. The fourth-order valence-electron chi connectivity index (χ4n) is 3.50. The first-order valence-corrected chi connectivity index (χ1v) is 8.25. The molecule has 2 aliphatic rings. The van der Waals surface area contributed by atoms with Gasteiger partial charge in [0.2, 0.25) is 0 Å². The molecule has 0 spiro atoms. The van der Waals surface area contributed by atoms with E-state index in [0.29, 0.717) is 5.41 Å². The van der Waals surface area contributed by atoms with Crippen molar-refractivity contribution >= 4 is 11.6 Å². The molecule has 1 fully saturated rings. The Kier molecular flexibility index (Phi) is 4.23. The summed E-state index contributed by atoms with van der Waals surface area (Å²) in [6.07, 6.45) is 7.32. The van der Waals surface area contributed by atoms with Gasteiger partial charge in [-0.3, -0.25) is 0 Å². The van der Waals surface area contributed by atoms with Crippen molar-refractivity contribution in [2.45, 2.75) is 45.4 Å². The van der Waals surface area contributed by atoms with Crippen LogP contribution in [0, 0.1) is 5.41 Å². The van der Waals surface area contributed by atoms with Gasteiger partial charge in [0.1, 0.15) is 5.75 Å². The highest BCUT2D eigenvalue weighted by Gasteiger charge is 2.37. The zero-order valence-electron chi connectivity index (χ0n) is 12.3. The summed E-state index contributed by atoms with van der Waals surface area (Å²) in [5, 5.41) is 4.47. The van der Waals surface area contributed by atoms with Gasteiger partial charge in [0.15, 0.2) is 0 Å². The van der Waals surface area contributed by atoms with E-state index in [0.717, 1.165) is 43.3 Å². The SMILES string of the molecule is CCCNCC1(Cc2cc(Cl)cc3c2OCC3)CCC1. The summed E-state index contributed by atoms with van der Waals surface area (Å²) in [6.45, 7) is 5.27. The van der Waals surface area contributed by atoms with Crippen LogP contribution in [0.1, 0.15) is 43.7 Å². The van der Waals surface area contributed by atoms with E-state index < -0.39 is 0 Å². The number of halogens is 1. The molecule has 0 atom stereocenters. The minimum atomic E-state index is 0.430. The van der Waals surface area contributed by atoms with E-state index in [1.807, 2.05) is 0 Å². The van der Waals surface area contributed by atoms with Gasteiger partial charge in [0.05, 0.1) is 6.61 Å². The lowest BCUT2D eigenvalue weighted by atomic mass is 9.65. The molecule has 1 N–H and O–H groups in total. The van der Waals surface area contributed by atoms with Gasteiger partial charge in [-0.15, -0.1) is 0 Å². The van der Waals surface area contributed by atoms with Crippen molar-refractivity contribution in [2.24, 2.45) is 5.41 Å². The standard InChI is InChI=1S/C17H24ClNO/c1-2-7-19-12-17(5-3-6-17)11-14-10-15(18)9-13-4-8-20-16(13)14/h9-10,19H,2-8,11-12H2,1H3. The largest absolute Gasteiger partial charge is 0.493 e. The lowest BCUT2D eigenvalue weighted by Gasteiger charge is -2.42. The summed E-state index contributed by atoms with van der Waals surface area (Å²) in [5.41, 5.74) is 3.05. The van der Waals surface area contributed by atoms with Crippen molar-refractivity contribution in [1.29, 1.82) is 0 Å². The summed E-state index contributed by atoms with van der Waals surface area (Å²) < 4.78 is 5.85. The Labute approximate surface area is 126 Å². The van der Waals surface area contributed by atoms with Crippen LogP contribution < -0.4 is 10.1 Å². The highest BCUT2D eigenvalue weighted by Crippen LogP contribution is 2.46. The number of benzene rings is 1. The third-order valence-electron chi connectivity index (χ3n) is 4.73. The molecule has 2 nitrogen and oxygen atoms in total. The lowest BCUT2D eigenvalue weighted by molar-refractivity contribution is 0.129. The Morgan fingerprint density at radius 3 is 2.90 bits per heavy atom. The average Bonchev–Trinajstić information content (AvgIpc) is 2.83. The van der Waals surface area contributed by atoms with Gasteiger partial charge in [-0.05, 0) is 60.9 Å². The fourth-order valence-corrected chi connectivity index (χ4v) is 3.77. The van der Waals surface area contributed by atoms with E-state index in [2.05, 4.69) is 24.4 Å². The van der Waals surface area contributed by atoms with Crippen LogP contribution in [0.2, 0.25) is 5.02 Å². The molecule has 110 valence electrons. The molecule has 1 aliphatic carbocycles. The third-order valence-corrected chi connectivity index (χ3v) is 4.95. The van der Waals surface area contributed by atoms with Crippen LogP contribution in [0.5, 0.6) is 5.75 Å². The van der Waals surface area contributed by atoms with Gasteiger partial charge in [-0.25, -0.2) is 0 Å². The molecule has 1 heterocycles. The molecule has 1 aliphatic heterocycles. The number of nitrogens with one attached hydrogen (secondary N) is 1. The number of ether oxygens (including phenoxy) is 1. The van der Waals surface area contributed by atoms with Crippen molar-refractivity contribution in [2.75, 3.05) is 19.7 Å². The van der Waals surface area contributed by atoms with E-state index in [-0.39, 0.29) is 0 Å². The van der Waals surface area contributed by atoms with E-state index in [9.17, 15) is 0 Å². The van der Waals surface area contributed by atoms with Gasteiger partial charge < -0.3 is 10.1 Å². The molecule has 1 saturated carbocycles. The number of hydrogen-bond donors (Lipinski definition) is 1. The Hall–Kier alpha value is -0.730. The maximum Gasteiger partial charge on any atom is 0.125 e. The smallest absolute Gasteiger partial charge is 0.125 e. The molecule has 0 aromatic heterocycles. The van der Waals surface area contributed by atoms with Crippen molar-refractivity contribution in [1.82, 2.24) is 5.32 Å². The van der Waals surface area contributed by atoms with E-state index in [1.165, 1.54) is 36.8 Å². The zero-order chi connectivity index (χ0) is 14.0. The van der Waals surface area contributed by atoms with Gasteiger partial charge in [-0.1, -0.05) is 24.9 Å². The maximum absolute atomic E-state index is 6.27. The molecule has 1 aromatic carbocycles. The van der Waals surface area contributed by atoms with E-state index in [1.54, 1.807) is 0 Å². The van der Waals surface area contributed by atoms with Crippen LogP contribution in [0.25, 0.3) is 0 Å². The fraction of sp³-hybridized carbons (Fsp3) is 0.647. The molecular weight excluding hydrogens is 270 g/mol. The molecular formula is C17H24ClNO. The minimum absolute atomic E-state index is 0.430. The molecule has 20 heavy (non-hydrogen) atoms. The predicted octanol–water partition coefficient (Wildman–Crippen LogP) is 3.99. The zero-order valence-corrected chi connectivity index (χ0v) is 13.1. The van der Waals surface area contributed by atoms with Crippen LogP contribution in [0.15, 0.2) is 12.1 Å². The van der Waals surface area contributed by atoms with Crippen LogP contribution in [-0.2, 0) is 12.8 Å². The predicted molar refractivity (Wildman–Crippen MR) is 83.8 cm³/mol. The molecule has 0 radical (unpaired) electrons. The summed E-state index contributed by atoms with van der Waals surface area (Å²) in [5.74, 6) is 1.12. The number of hydrogen-bond acceptors (Lipinski definition) is 2. The second-order valence-corrected chi connectivity index (χ2v) is 6.80. The molecule has 0 amide bonds. The first-order valence-electron chi connectivity index (χ1n) is 7.87. The van der Waals surface area contributed by atoms with Crippen LogP contribution >= 0.6 is 11.6 Å². The Morgan fingerprint density at radius 2 is 2.20 bits per heavy atom. The van der Waals surface area contributed by atoms with Crippen LogP contribution in [0.4, 0.5) is 0 Å². The summed E-state index contributed by atoms with van der Waals surface area (Å²) in [4.78, 5) is 0. The maximum atomic E-state index is 6.27. The van der Waals surface area contributed by atoms with Crippen molar-refractivity contribution in [3.8, 4) is 5.75 Å². The van der Waals surface area contributed by atoms with Crippen LogP contribution in [0.3, 0.4) is 0 Å². The summed E-state index contributed by atoms with van der Waals surface area (Å²) >= 11 is 6.27. The van der Waals surface area contributed by atoms with E-state index >= 15 is 0 Å². The first kappa shape index (κ1) is 14.2.